The molecule has 0 spiro atoms. The van der Waals surface area contributed by atoms with Crippen molar-refractivity contribution in [2.24, 2.45) is 0 Å². The molecule has 3 aliphatic rings. The number of hydrogen-bond donors (Lipinski definition) is 0. The van der Waals surface area contributed by atoms with Gasteiger partial charge < -0.3 is 18.9 Å². The number of benzene rings is 2. The fraction of sp³-hybridized carbons (Fsp3) is 0.577. The third-order valence-electron chi connectivity index (χ3n) is 12.4. The van der Waals surface area contributed by atoms with Gasteiger partial charge in [0.05, 0.1) is 36.2 Å². The Morgan fingerprint density at radius 2 is 0.793 bits per heavy atom. The van der Waals surface area contributed by atoms with E-state index in [4.69, 9.17) is 18.9 Å². The monoisotopic (exact) mass is 822 g/mol. The van der Waals surface area contributed by atoms with Gasteiger partial charge >= 0.3 is 0 Å². The normalized spacial score (nSPS) is 15.5. The van der Waals surface area contributed by atoms with Crippen LogP contribution in [0.2, 0.25) is 0 Å². The predicted octanol–water partition coefficient (Wildman–Crippen LogP) is 16.6. The molecule has 2 fully saturated rings. The molecule has 0 amide bonds. The smallest absolute Gasteiger partial charge is 0.193 e. The molecule has 0 N–H and O–H groups in total. The Hall–Kier alpha value is -2.58. The van der Waals surface area contributed by atoms with Crippen LogP contribution in [0, 0.1) is 0 Å². The maximum absolute atomic E-state index is 5.87. The fourth-order valence-corrected chi connectivity index (χ4v) is 11.2. The SMILES string of the molecule is CCCCCCCCCCCCC(CCCCCCCCCCCC)=C1c2cc(-c3ccc(C4OCCO4)s3)ccc2-c2ccc(-c3ccc(C4OCCO4)s3)cc21. The summed E-state index contributed by atoms with van der Waals surface area (Å²) in [5, 5.41) is 0. The Balaban J connectivity index is 1.14. The highest BCUT2D eigenvalue weighted by Gasteiger charge is 2.29. The largest absolute Gasteiger partial charge is 0.345 e. The Bertz CT molecular complexity index is 1720. The number of unbranched alkanes of at least 4 members (excludes halogenated alkanes) is 18. The maximum atomic E-state index is 5.87. The minimum absolute atomic E-state index is 0.232. The molecule has 2 saturated heterocycles. The molecule has 4 nitrogen and oxygen atoms in total. The first-order chi connectivity index (χ1) is 28.7. The molecule has 314 valence electrons. The summed E-state index contributed by atoms with van der Waals surface area (Å²) in [6, 6.07) is 23.4. The topological polar surface area (TPSA) is 36.9 Å². The summed E-state index contributed by atoms with van der Waals surface area (Å²) in [7, 11) is 0. The molecule has 1 aliphatic carbocycles. The first kappa shape index (κ1) is 43.5. The van der Waals surface area contributed by atoms with E-state index < -0.39 is 0 Å². The van der Waals surface area contributed by atoms with E-state index in [0.29, 0.717) is 26.4 Å². The number of rotatable bonds is 26. The van der Waals surface area contributed by atoms with Crippen molar-refractivity contribution >= 4 is 28.2 Å². The van der Waals surface area contributed by atoms with Crippen LogP contribution in [-0.4, -0.2) is 26.4 Å². The Morgan fingerprint density at radius 3 is 1.17 bits per heavy atom. The van der Waals surface area contributed by atoms with E-state index in [1.165, 1.54) is 190 Å². The van der Waals surface area contributed by atoms with Gasteiger partial charge in [-0.1, -0.05) is 159 Å². The molecule has 2 aromatic heterocycles. The molecule has 0 radical (unpaired) electrons. The van der Waals surface area contributed by atoms with Gasteiger partial charge in [-0.25, -0.2) is 0 Å². The van der Waals surface area contributed by atoms with Crippen molar-refractivity contribution < 1.29 is 18.9 Å². The molecule has 0 saturated carbocycles. The zero-order valence-corrected chi connectivity index (χ0v) is 37.4. The van der Waals surface area contributed by atoms with Gasteiger partial charge in [0.25, 0.3) is 0 Å². The van der Waals surface area contributed by atoms with Crippen molar-refractivity contribution in [3.63, 3.8) is 0 Å². The molecule has 2 aromatic carbocycles. The summed E-state index contributed by atoms with van der Waals surface area (Å²) >= 11 is 3.61. The number of ether oxygens (including phenoxy) is 4. The molecule has 7 rings (SSSR count). The Labute approximate surface area is 358 Å². The summed E-state index contributed by atoms with van der Waals surface area (Å²) < 4.78 is 23.5. The first-order valence-electron chi connectivity index (χ1n) is 23.4. The van der Waals surface area contributed by atoms with Gasteiger partial charge in [0.2, 0.25) is 0 Å². The molecule has 2 aliphatic heterocycles. The summed E-state index contributed by atoms with van der Waals surface area (Å²) in [6.07, 6.45) is 29.3. The highest BCUT2D eigenvalue weighted by molar-refractivity contribution is 7.15. The van der Waals surface area contributed by atoms with Crippen molar-refractivity contribution in [1.82, 2.24) is 0 Å². The van der Waals surface area contributed by atoms with Crippen molar-refractivity contribution in [2.75, 3.05) is 26.4 Å². The van der Waals surface area contributed by atoms with Crippen LogP contribution in [0.5, 0.6) is 0 Å². The molecule has 4 heterocycles. The van der Waals surface area contributed by atoms with E-state index in [0.717, 1.165) is 9.75 Å². The molecule has 58 heavy (non-hydrogen) atoms. The molecule has 4 aromatic rings. The molecular formula is C52H70O4S2. The van der Waals surface area contributed by atoms with Gasteiger partial charge in [-0.2, -0.15) is 0 Å². The summed E-state index contributed by atoms with van der Waals surface area (Å²) in [6.45, 7) is 7.29. The van der Waals surface area contributed by atoms with Gasteiger partial charge in [0, 0.05) is 9.75 Å². The van der Waals surface area contributed by atoms with Crippen LogP contribution in [0.4, 0.5) is 0 Å². The van der Waals surface area contributed by atoms with Crippen LogP contribution in [0.15, 0.2) is 66.2 Å². The minimum atomic E-state index is -0.232. The standard InChI is InChI=1S/C52H70O4S2/c1-3-5-7-9-11-13-15-17-19-21-23-39(24-22-20-18-16-14-12-10-8-6-4-2)50-44-37-40(46-29-31-48(57-46)51-53-33-34-54-51)25-27-42(44)43-28-26-41(38-45(43)50)47-30-32-49(58-47)52-55-35-36-56-52/h25-32,37-38,51-52H,3-24,33-36H2,1-2H3. The average molecular weight is 823 g/mol. The third kappa shape index (κ3) is 11.8. The zero-order valence-electron chi connectivity index (χ0n) is 35.8. The number of fused-ring (bicyclic) bond motifs is 3. The lowest BCUT2D eigenvalue weighted by atomic mass is 9.89. The van der Waals surface area contributed by atoms with E-state index in [9.17, 15) is 0 Å². The van der Waals surface area contributed by atoms with E-state index in [1.54, 1.807) is 28.2 Å². The summed E-state index contributed by atoms with van der Waals surface area (Å²) in [4.78, 5) is 4.87. The highest BCUT2D eigenvalue weighted by atomic mass is 32.1. The van der Waals surface area contributed by atoms with E-state index in [-0.39, 0.29) is 12.6 Å². The number of hydrogen-bond acceptors (Lipinski definition) is 6. The molecule has 0 atom stereocenters. The average Bonchev–Trinajstić information content (AvgIpc) is 4.11. The number of thiophene rings is 2. The lowest BCUT2D eigenvalue weighted by Crippen LogP contribution is -1.95. The lowest BCUT2D eigenvalue weighted by Gasteiger charge is -2.16. The Kier molecular flexibility index (Phi) is 17.6. The predicted molar refractivity (Wildman–Crippen MR) is 247 cm³/mol. The Morgan fingerprint density at radius 1 is 0.431 bits per heavy atom. The first-order valence-corrected chi connectivity index (χ1v) is 25.0. The second kappa shape index (κ2) is 23.4. The lowest BCUT2D eigenvalue weighted by molar-refractivity contribution is -0.0415. The van der Waals surface area contributed by atoms with Crippen molar-refractivity contribution in [1.29, 1.82) is 0 Å². The van der Waals surface area contributed by atoms with Crippen LogP contribution in [0.1, 0.15) is 189 Å². The van der Waals surface area contributed by atoms with Crippen molar-refractivity contribution in [3.05, 3.63) is 87.1 Å². The van der Waals surface area contributed by atoms with Gasteiger partial charge in [0.1, 0.15) is 0 Å². The van der Waals surface area contributed by atoms with Gasteiger partial charge in [0.15, 0.2) is 12.6 Å². The summed E-state index contributed by atoms with van der Waals surface area (Å²) in [5.41, 5.74) is 11.4. The number of allylic oxidation sites excluding steroid dienone is 1. The molecule has 0 bridgehead atoms. The van der Waals surface area contributed by atoms with Gasteiger partial charge in [-0.15, -0.1) is 22.7 Å². The van der Waals surface area contributed by atoms with E-state index in [1.807, 2.05) is 0 Å². The second-order valence-corrected chi connectivity index (χ2v) is 19.1. The maximum Gasteiger partial charge on any atom is 0.193 e. The van der Waals surface area contributed by atoms with E-state index >= 15 is 0 Å². The molecule has 6 heteroatoms. The van der Waals surface area contributed by atoms with Gasteiger partial charge in [-0.05, 0) is 101 Å². The second-order valence-electron chi connectivity index (χ2n) is 16.9. The van der Waals surface area contributed by atoms with E-state index in [2.05, 4.69) is 74.5 Å². The van der Waals surface area contributed by atoms with Crippen LogP contribution in [-0.2, 0) is 18.9 Å². The zero-order chi connectivity index (χ0) is 39.8. The fourth-order valence-electron chi connectivity index (χ4n) is 9.15. The molecular weight excluding hydrogens is 753 g/mol. The van der Waals surface area contributed by atoms with Crippen molar-refractivity contribution in [3.8, 4) is 32.0 Å². The van der Waals surface area contributed by atoms with Crippen LogP contribution >= 0.6 is 22.7 Å². The van der Waals surface area contributed by atoms with Gasteiger partial charge in [-0.3, -0.25) is 0 Å². The van der Waals surface area contributed by atoms with Crippen LogP contribution in [0.25, 0.3) is 37.6 Å². The minimum Gasteiger partial charge on any atom is -0.345 e. The molecule has 0 unspecified atom stereocenters. The van der Waals surface area contributed by atoms with Crippen LogP contribution < -0.4 is 0 Å². The van der Waals surface area contributed by atoms with Crippen molar-refractivity contribution in [2.45, 2.75) is 168 Å². The quantitative estimate of drug-likeness (QED) is 0.0521. The highest BCUT2D eigenvalue weighted by Crippen LogP contribution is 2.50. The third-order valence-corrected chi connectivity index (χ3v) is 14.7. The van der Waals surface area contributed by atoms with Crippen LogP contribution in [0.3, 0.4) is 0 Å². The summed E-state index contributed by atoms with van der Waals surface area (Å²) in [5.74, 6) is 0.